The third-order valence-corrected chi connectivity index (χ3v) is 2.15. The van der Waals surface area contributed by atoms with E-state index in [1.165, 1.54) is 12.8 Å². The lowest BCUT2D eigenvalue weighted by atomic mass is 10.0. The molecule has 0 saturated heterocycles. The van der Waals surface area contributed by atoms with Crippen LogP contribution in [0.2, 0.25) is 0 Å². The van der Waals surface area contributed by atoms with Crippen molar-refractivity contribution in [3.63, 3.8) is 0 Å². The molecule has 1 aliphatic rings. The van der Waals surface area contributed by atoms with Gasteiger partial charge in [-0.25, -0.2) is 0 Å². The normalized spacial score (nSPS) is 17.2. The van der Waals surface area contributed by atoms with Crippen LogP contribution >= 0.6 is 0 Å². The molecule has 13 heavy (non-hydrogen) atoms. The summed E-state index contributed by atoms with van der Waals surface area (Å²) in [6.45, 7) is 4.45. The van der Waals surface area contributed by atoms with Crippen molar-refractivity contribution in [1.29, 1.82) is 0 Å². The lowest BCUT2D eigenvalue weighted by molar-refractivity contribution is -0.144. The molecule has 1 saturated carbocycles. The Morgan fingerprint density at radius 2 is 2.15 bits per heavy atom. The van der Waals surface area contributed by atoms with Gasteiger partial charge in [-0.05, 0) is 39.0 Å². The maximum Gasteiger partial charge on any atom is 0.305 e. The molecule has 3 nitrogen and oxygen atoms in total. The van der Waals surface area contributed by atoms with E-state index >= 15 is 0 Å². The zero-order valence-electron chi connectivity index (χ0n) is 8.51. The molecule has 0 aromatic rings. The van der Waals surface area contributed by atoms with Crippen LogP contribution in [0.1, 0.15) is 39.5 Å². The van der Waals surface area contributed by atoms with Crippen LogP contribution in [0.15, 0.2) is 0 Å². The fourth-order valence-electron chi connectivity index (χ4n) is 0.992. The Morgan fingerprint density at radius 3 is 2.62 bits per heavy atom. The minimum absolute atomic E-state index is 0.106. The van der Waals surface area contributed by atoms with Crippen molar-refractivity contribution in [2.75, 3.05) is 6.61 Å². The van der Waals surface area contributed by atoms with Crippen molar-refractivity contribution in [3.05, 3.63) is 0 Å². The van der Waals surface area contributed by atoms with Gasteiger partial charge in [0.25, 0.3) is 0 Å². The van der Waals surface area contributed by atoms with Crippen molar-refractivity contribution in [3.8, 4) is 0 Å². The van der Waals surface area contributed by atoms with E-state index in [0.717, 1.165) is 0 Å². The largest absolute Gasteiger partial charge is 0.465 e. The maximum absolute atomic E-state index is 11.1. The topological polar surface area (TPSA) is 52.3 Å². The third kappa shape index (κ3) is 5.64. The molecule has 0 bridgehead atoms. The molecule has 0 unspecified atom stereocenters. The molecule has 1 rings (SSSR count). The quantitative estimate of drug-likeness (QED) is 0.660. The van der Waals surface area contributed by atoms with E-state index in [2.05, 4.69) is 0 Å². The van der Waals surface area contributed by atoms with Gasteiger partial charge in [-0.3, -0.25) is 4.79 Å². The first-order valence-corrected chi connectivity index (χ1v) is 4.92. The average molecular weight is 185 g/mol. The Bertz CT molecular complexity index is 180. The molecule has 0 atom stereocenters. The second-order valence-electron chi connectivity index (χ2n) is 4.61. The molecule has 1 aliphatic carbocycles. The lowest BCUT2D eigenvalue weighted by Gasteiger charge is -2.17. The van der Waals surface area contributed by atoms with Gasteiger partial charge in [-0.2, -0.15) is 0 Å². The zero-order chi connectivity index (χ0) is 9.90. The van der Waals surface area contributed by atoms with Crippen LogP contribution in [0.3, 0.4) is 0 Å². The highest BCUT2D eigenvalue weighted by Gasteiger charge is 2.23. The van der Waals surface area contributed by atoms with Crippen LogP contribution in [-0.2, 0) is 9.53 Å². The number of nitrogens with two attached hydrogens (primary N) is 1. The molecule has 0 radical (unpaired) electrons. The summed E-state index contributed by atoms with van der Waals surface area (Å²) in [6.07, 6.45) is 3.57. The van der Waals surface area contributed by atoms with Crippen LogP contribution in [0.4, 0.5) is 0 Å². The first-order chi connectivity index (χ1) is 5.97. The Balaban J connectivity index is 2.03. The summed E-state index contributed by atoms with van der Waals surface area (Å²) in [5, 5.41) is 0. The van der Waals surface area contributed by atoms with Gasteiger partial charge in [0.15, 0.2) is 0 Å². The van der Waals surface area contributed by atoms with Gasteiger partial charge in [-0.1, -0.05) is 0 Å². The van der Waals surface area contributed by atoms with Gasteiger partial charge in [0.1, 0.15) is 0 Å². The predicted molar refractivity (Wildman–Crippen MR) is 51.2 cm³/mol. The summed E-state index contributed by atoms with van der Waals surface area (Å²) in [6, 6.07) is 0. The van der Waals surface area contributed by atoms with Crippen LogP contribution in [0.25, 0.3) is 0 Å². The SMILES string of the molecule is CC(C)(N)CCC(=O)OCC1CC1. The minimum Gasteiger partial charge on any atom is -0.465 e. The first-order valence-electron chi connectivity index (χ1n) is 4.92. The van der Waals surface area contributed by atoms with E-state index in [-0.39, 0.29) is 11.5 Å². The van der Waals surface area contributed by atoms with E-state index in [4.69, 9.17) is 10.5 Å². The van der Waals surface area contributed by atoms with Gasteiger partial charge in [0.2, 0.25) is 0 Å². The van der Waals surface area contributed by atoms with Gasteiger partial charge in [0, 0.05) is 12.0 Å². The Labute approximate surface area is 79.6 Å². The second kappa shape index (κ2) is 4.09. The molecular formula is C10H19NO2. The van der Waals surface area contributed by atoms with Gasteiger partial charge in [-0.15, -0.1) is 0 Å². The van der Waals surface area contributed by atoms with Crippen molar-refractivity contribution >= 4 is 5.97 Å². The van der Waals surface area contributed by atoms with Crippen LogP contribution < -0.4 is 5.73 Å². The van der Waals surface area contributed by atoms with E-state index in [0.29, 0.717) is 25.4 Å². The van der Waals surface area contributed by atoms with Gasteiger partial charge >= 0.3 is 5.97 Å². The zero-order valence-corrected chi connectivity index (χ0v) is 8.51. The standard InChI is InChI=1S/C10H19NO2/c1-10(2,11)6-5-9(12)13-7-8-3-4-8/h8H,3-7,11H2,1-2H3. The molecule has 0 aliphatic heterocycles. The van der Waals surface area contributed by atoms with E-state index in [1.807, 2.05) is 13.8 Å². The number of rotatable bonds is 5. The Morgan fingerprint density at radius 1 is 1.54 bits per heavy atom. The smallest absolute Gasteiger partial charge is 0.305 e. The van der Waals surface area contributed by atoms with Crippen LogP contribution in [0, 0.1) is 5.92 Å². The summed E-state index contributed by atoms with van der Waals surface area (Å²) >= 11 is 0. The fraction of sp³-hybridized carbons (Fsp3) is 0.900. The molecule has 0 aromatic heterocycles. The van der Waals surface area contributed by atoms with Crippen molar-refractivity contribution in [2.24, 2.45) is 11.7 Å². The highest BCUT2D eigenvalue weighted by molar-refractivity contribution is 5.69. The molecule has 2 N–H and O–H groups in total. The first kappa shape index (κ1) is 10.5. The molecular weight excluding hydrogens is 166 g/mol. The highest BCUT2D eigenvalue weighted by Crippen LogP contribution is 2.28. The summed E-state index contributed by atoms with van der Waals surface area (Å²) in [5.41, 5.74) is 5.48. The summed E-state index contributed by atoms with van der Waals surface area (Å²) in [5.74, 6) is 0.542. The molecule has 3 heteroatoms. The number of ether oxygens (including phenoxy) is 1. The van der Waals surface area contributed by atoms with Crippen LogP contribution in [0.5, 0.6) is 0 Å². The number of hydrogen-bond acceptors (Lipinski definition) is 3. The molecule has 0 aromatic carbocycles. The minimum atomic E-state index is -0.265. The van der Waals surface area contributed by atoms with Gasteiger partial charge in [0.05, 0.1) is 6.61 Å². The third-order valence-electron chi connectivity index (χ3n) is 2.15. The highest BCUT2D eigenvalue weighted by atomic mass is 16.5. The van der Waals surface area contributed by atoms with E-state index in [1.54, 1.807) is 0 Å². The monoisotopic (exact) mass is 185 g/mol. The summed E-state index contributed by atoms with van der Waals surface area (Å²) < 4.78 is 5.07. The van der Waals surface area contributed by atoms with E-state index in [9.17, 15) is 4.79 Å². The molecule has 0 amide bonds. The number of esters is 1. The van der Waals surface area contributed by atoms with Crippen molar-refractivity contribution in [2.45, 2.75) is 45.1 Å². The Kier molecular flexibility index (Phi) is 3.31. The Hall–Kier alpha value is -0.570. The second-order valence-corrected chi connectivity index (χ2v) is 4.61. The molecule has 0 heterocycles. The van der Waals surface area contributed by atoms with E-state index < -0.39 is 0 Å². The fourth-order valence-corrected chi connectivity index (χ4v) is 0.992. The average Bonchev–Trinajstić information content (AvgIpc) is 2.78. The number of carbonyl (C=O) groups is 1. The summed E-state index contributed by atoms with van der Waals surface area (Å²) in [7, 11) is 0. The molecule has 0 spiro atoms. The number of hydrogen-bond donors (Lipinski definition) is 1. The number of carbonyl (C=O) groups excluding carboxylic acids is 1. The van der Waals surface area contributed by atoms with Gasteiger partial charge < -0.3 is 10.5 Å². The van der Waals surface area contributed by atoms with Crippen LogP contribution in [-0.4, -0.2) is 18.1 Å². The van der Waals surface area contributed by atoms with Crippen molar-refractivity contribution in [1.82, 2.24) is 0 Å². The lowest BCUT2D eigenvalue weighted by Crippen LogP contribution is -2.32. The molecule has 1 fully saturated rings. The predicted octanol–water partition coefficient (Wildman–Crippen LogP) is 1.46. The van der Waals surface area contributed by atoms with Crippen molar-refractivity contribution < 1.29 is 9.53 Å². The summed E-state index contributed by atoms with van der Waals surface area (Å²) in [4.78, 5) is 11.1. The molecule has 76 valence electrons. The maximum atomic E-state index is 11.1.